The smallest absolute Gasteiger partial charge is 0.326 e. The van der Waals surface area contributed by atoms with E-state index in [1.165, 1.54) is 16.2 Å². The normalized spacial score (nSPS) is 29.5. The SMILES string of the molecule is O=C(O)C1C2CCCC2CN1C(=O)c1ccc(Cl)s1. The Bertz CT molecular complexity index is 530. The first kappa shape index (κ1) is 12.9. The molecule has 0 radical (unpaired) electrons. The van der Waals surface area contributed by atoms with Crippen molar-refractivity contribution in [3.8, 4) is 0 Å². The minimum Gasteiger partial charge on any atom is -0.480 e. The summed E-state index contributed by atoms with van der Waals surface area (Å²) >= 11 is 7.04. The molecule has 0 bridgehead atoms. The molecule has 0 aromatic carbocycles. The van der Waals surface area contributed by atoms with Gasteiger partial charge < -0.3 is 10.0 Å². The van der Waals surface area contributed by atoms with Gasteiger partial charge in [-0.2, -0.15) is 0 Å². The summed E-state index contributed by atoms with van der Waals surface area (Å²) in [4.78, 5) is 26.0. The van der Waals surface area contributed by atoms with Crippen LogP contribution in [0.15, 0.2) is 12.1 Å². The van der Waals surface area contributed by atoms with Crippen LogP contribution in [0.4, 0.5) is 0 Å². The number of aliphatic carboxylic acids is 1. The molecule has 1 amide bonds. The van der Waals surface area contributed by atoms with Gasteiger partial charge in [0, 0.05) is 6.54 Å². The van der Waals surface area contributed by atoms with Crippen molar-refractivity contribution in [3.05, 3.63) is 21.3 Å². The van der Waals surface area contributed by atoms with Gasteiger partial charge in [0.1, 0.15) is 6.04 Å². The lowest BCUT2D eigenvalue weighted by Crippen LogP contribution is -2.43. The lowest BCUT2D eigenvalue weighted by Gasteiger charge is -2.23. The van der Waals surface area contributed by atoms with Crippen LogP contribution in [0.1, 0.15) is 28.9 Å². The van der Waals surface area contributed by atoms with E-state index in [-0.39, 0.29) is 11.8 Å². The van der Waals surface area contributed by atoms with Gasteiger partial charge in [0.25, 0.3) is 5.91 Å². The first-order valence-electron chi connectivity index (χ1n) is 6.37. The molecule has 6 heteroatoms. The third-order valence-corrected chi connectivity index (χ3v) is 5.41. The molecule has 102 valence electrons. The van der Waals surface area contributed by atoms with E-state index in [1.807, 2.05) is 0 Å². The Kier molecular flexibility index (Phi) is 3.27. The van der Waals surface area contributed by atoms with Gasteiger partial charge in [-0.1, -0.05) is 18.0 Å². The molecule has 3 rings (SSSR count). The number of rotatable bonds is 2. The second-order valence-corrected chi connectivity index (χ2v) is 6.91. The number of amides is 1. The van der Waals surface area contributed by atoms with Crippen LogP contribution in [0.25, 0.3) is 0 Å². The molecular weight excluding hydrogens is 286 g/mol. The number of halogens is 1. The highest BCUT2D eigenvalue weighted by molar-refractivity contribution is 7.17. The monoisotopic (exact) mass is 299 g/mol. The zero-order chi connectivity index (χ0) is 13.6. The van der Waals surface area contributed by atoms with E-state index in [0.29, 0.717) is 21.7 Å². The fraction of sp³-hybridized carbons (Fsp3) is 0.538. The largest absolute Gasteiger partial charge is 0.480 e. The van der Waals surface area contributed by atoms with Crippen molar-refractivity contribution in [3.63, 3.8) is 0 Å². The number of hydrogen-bond acceptors (Lipinski definition) is 3. The van der Waals surface area contributed by atoms with Crippen molar-refractivity contribution in [2.75, 3.05) is 6.54 Å². The van der Waals surface area contributed by atoms with Crippen LogP contribution in [0.3, 0.4) is 0 Å². The lowest BCUT2D eigenvalue weighted by atomic mass is 9.94. The molecule has 2 heterocycles. The maximum absolute atomic E-state index is 12.4. The molecular formula is C13H14ClNO3S. The third kappa shape index (κ3) is 2.15. The lowest BCUT2D eigenvalue weighted by molar-refractivity contribution is -0.142. The second kappa shape index (κ2) is 4.80. The summed E-state index contributed by atoms with van der Waals surface area (Å²) in [5.74, 6) is -0.610. The number of carboxylic acids is 1. The molecule has 2 aliphatic rings. The Balaban J connectivity index is 1.87. The zero-order valence-electron chi connectivity index (χ0n) is 10.2. The summed E-state index contributed by atoms with van der Waals surface area (Å²) < 4.78 is 0.551. The first-order valence-corrected chi connectivity index (χ1v) is 7.56. The molecule has 1 N–H and O–H groups in total. The van der Waals surface area contributed by atoms with Gasteiger partial charge in [0.05, 0.1) is 9.21 Å². The highest BCUT2D eigenvalue weighted by Crippen LogP contribution is 2.43. The van der Waals surface area contributed by atoms with E-state index in [4.69, 9.17) is 11.6 Å². The van der Waals surface area contributed by atoms with Crippen LogP contribution >= 0.6 is 22.9 Å². The van der Waals surface area contributed by atoms with Crippen molar-refractivity contribution < 1.29 is 14.7 Å². The van der Waals surface area contributed by atoms with Crippen LogP contribution in [0.2, 0.25) is 4.34 Å². The van der Waals surface area contributed by atoms with Gasteiger partial charge in [-0.3, -0.25) is 4.79 Å². The number of thiophene rings is 1. The molecule has 0 spiro atoms. The maximum Gasteiger partial charge on any atom is 0.326 e. The highest BCUT2D eigenvalue weighted by Gasteiger charge is 2.49. The number of nitrogens with zero attached hydrogens (tertiary/aromatic N) is 1. The van der Waals surface area contributed by atoms with Crippen LogP contribution in [0, 0.1) is 11.8 Å². The Hall–Kier alpha value is -1.07. The van der Waals surface area contributed by atoms with E-state index in [0.717, 1.165) is 19.3 Å². The molecule has 3 atom stereocenters. The standard InChI is InChI=1S/C13H14ClNO3S/c14-10-5-4-9(19-10)12(16)15-6-7-2-1-3-8(7)11(15)13(17)18/h4-5,7-8,11H,1-3,6H2,(H,17,18). The minimum atomic E-state index is -0.884. The molecule has 1 aliphatic carbocycles. The van der Waals surface area contributed by atoms with Crippen molar-refractivity contribution in [2.24, 2.45) is 11.8 Å². The molecule has 1 aliphatic heterocycles. The van der Waals surface area contributed by atoms with Gasteiger partial charge in [-0.05, 0) is 36.8 Å². The van der Waals surface area contributed by atoms with Crippen molar-refractivity contribution in [1.29, 1.82) is 0 Å². The van der Waals surface area contributed by atoms with Gasteiger partial charge in [-0.15, -0.1) is 11.3 Å². The Morgan fingerprint density at radius 2 is 2.16 bits per heavy atom. The summed E-state index contributed by atoms with van der Waals surface area (Å²) in [7, 11) is 0. The molecule has 19 heavy (non-hydrogen) atoms. The van der Waals surface area contributed by atoms with Crippen LogP contribution in [-0.4, -0.2) is 34.5 Å². The van der Waals surface area contributed by atoms with Crippen LogP contribution < -0.4 is 0 Å². The summed E-state index contributed by atoms with van der Waals surface area (Å²) in [6.45, 7) is 0.565. The predicted octanol–water partition coefficient (Wildman–Crippen LogP) is 2.73. The van der Waals surface area contributed by atoms with E-state index >= 15 is 0 Å². The third-order valence-electron chi connectivity index (χ3n) is 4.19. The fourth-order valence-corrected chi connectivity index (χ4v) is 4.40. The molecule has 1 saturated carbocycles. The van der Waals surface area contributed by atoms with E-state index < -0.39 is 12.0 Å². The van der Waals surface area contributed by atoms with Crippen LogP contribution in [0.5, 0.6) is 0 Å². The van der Waals surface area contributed by atoms with E-state index in [1.54, 1.807) is 12.1 Å². The number of hydrogen-bond donors (Lipinski definition) is 1. The van der Waals surface area contributed by atoms with Gasteiger partial charge in [0.2, 0.25) is 0 Å². The summed E-state index contributed by atoms with van der Waals surface area (Å²) in [5.41, 5.74) is 0. The van der Waals surface area contributed by atoms with E-state index in [9.17, 15) is 14.7 Å². The van der Waals surface area contributed by atoms with Crippen molar-refractivity contribution in [1.82, 2.24) is 4.90 Å². The average Bonchev–Trinajstić information content (AvgIpc) is 3.00. The topological polar surface area (TPSA) is 57.6 Å². The number of fused-ring (bicyclic) bond motifs is 1. The number of carbonyl (C=O) groups excluding carboxylic acids is 1. The Morgan fingerprint density at radius 3 is 2.79 bits per heavy atom. The molecule has 3 unspecified atom stereocenters. The Morgan fingerprint density at radius 1 is 1.37 bits per heavy atom. The van der Waals surface area contributed by atoms with Crippen molar-refractivity contribution >= 4 is 34.8 Å². The zero-order valence-corrected chi connectivity index (χ0v) is 11.8. The second-order valence-electron chi connectivity index (χ2n) is 5.20. The maximum atomic E-state index is 12.4. The minimum absolute atomic E-state index is 0.122. The van der Waals surface area contributed by atoms with Crippen LogP contribution in [-0.2, 0) is 4.79 Å². The molecule has 4 nitrogen and oxygen atoms in total. The summed E-state index contributed by atoms with van der Waals surface area (Å²) in [6.07, 6.45) is 3.02. The number of carboxylic acid groups (broad SMARTS) is 1. The quantitative estimate of drug-likeness (QED) is 0.913. The van der Waals surface area contributed by atoms with E-state index in [2.05, 4.69) is 0 Å². The Labute approximate surface area is 120 Å². The average molecular weight is 300 g/mol. The predicted molar refractivity (Wildman–Crippen MR) is 72.6 cm³/mol. The number of carbonyl (C=O) groups is 2. The van der Waals surface area contributed by atoms with Gasteiger partial charge in [-0.25, -0.2) is 4.79 Å². The highest BCUT2D eigenvalue weighted by atomic mass is 35.5. The molecule has 1 saturated heterocycles. The summed E-state index contributed by atoms with van der Waals surface area (Å²) in [5, 5.41) is 9.42. The van der Waals surface area contributed by atoms with Gasteiger partial charge in [0.15, 0.2) is 0 Å². The van der Waals surface area contributed by atoms with Crippen molar-refractivity contribution in [2.45, 2.75) is 25.3 Å². The molecule has 2 fully saturated rings. The number of likely N-dealkylation sites (tertiary alicyclic amines) is 1. The summed E-state index contributed by atoms with van der Waals surface area (Å²) in [6, 6.07) is 2.68. The van der Waals surface area contributed by atoms with Gasteiger partial charge >= 0.3 is 5.97 Å². The fourth-order valence-electron chi connectivity index (χ4n) is 3.40. The molecule has 1 aromatic rings. The first-order chi connectivity index (χ1) is 9.08. The molecule has 1 aromatic heterocycles.